The second-order valence-corrected chi connectivity index (χ2v) is 5.54. The van der Waals surface area contributed by atoms with Crippen LogP contribution in [-0.4, -0.2) is 29.3 Å². The van der Waals surface area contributed by atoms with Gasteiger partial charge in [-0.2, -0.15) is 0 Å². The SMILES string of the molecule is CC1CCN(C(=O)c2cccc(Cl)c2)CC1Cl. The molecule has 2 rings (SSSR count). The number of hydrogen-bond acceptors (Lipinski definition) is 1. The zero-order valence-electron chi connectivity index (χ0n) is 9.70. The molecule has 0 N–H and O–H groups in total. The molecule has 1 saturated heterocycles. The van der Waals surface area contributed by atoms with Crippen molar-refractivity contribution in [3.8, 4) is 0 Å². The topological polar surface area (TPSA) is 20.3 Å². The summed E-state index contributed by atoms with van der Waals surface area (Å²) in [5.74, 6) is 0.491. The Morgan fingerprint density at radius 1 is 1.47 bits per heavy atom. The van der Waals surface area contributed by atoms with Gasteiger partial charge in [0.15, 0.2) is 0 Å². The predicted molar refractivity (Wildman–Crippen MR) is 70.8 cm³/mol. The van der Waals surface area contributed by atoms with Crippen LogP contribution in [0.3, 0.4) is 0 Å². The van der Waals surface area contributed by atoms with Crippen molar-refractivity contribution in [2.75, 3.05) is 13.1 Å². The number of amides is 1. The van der Waals surface area contributed by atoms with Gasteiger partial charge in [0.05, 0.1) is 5.38 Å². The van der Waals surface area contributed by atoms with Crippen molar-refractivity contribution >= 4 is 29.1 Å². The minimum atomic E-state index is 0.0186. The Morgan fingerprint density at radius 3 is 2.88 bits per heavy atom. The molecular weight excluding hydrogens is 257 g/mol. The Morgan fingerprint density at radius 2 is 2.24 bits per heavy atom. The molecular formula is C13H15Cl2NO. The molecule has 0 saturated carbocycles. The maximum atomic E-state index is 12.2. The second-order valence-electron chi connectivity index (χ2n) is 4.54. The third-order valence-corrected chi connectivity index (χ3v) is 4.03. The summed E-state index contributed by atoms with van der Waals surface area (Å²) in [7, 11) is 0. The molecule has 92 valence electrons. The highest BCUT2D eigenvalue weighted by atomic mass is 35.5. The van der Waals surface area contributed by atoms with Crippen molar-refractivity contribution in [2.45, 2.75) is 18.7 Å². The summed E-state index contributed by atoms with van der Waals surface area (Å²) < 4.78 is 0. The van der Waals surface area contributed by atoms with Crippen LogP contribution in [0.1, 0.15) is 23.7 Å². The Labute approximate surface area is 112 Å². The molecule has 0 aliphatic carbocycles. The lowest BCUT2D eigenvalue weighted by Gasteiger charge is -2.34. The maximum absolute atomic E-state index is 12.2. The van der Waals surface area contributed by atoms with Crippen LogP contribution in [0, 0.1) is 5.92 Å². The van der Waals surface area contributed by atoms with Crippen molar-refractivity contribution < 1.29 is 4.79 Å². The van der Waals surface area contributed by atoms with Crippen LogP contribution in [0.2, 0.25) is 5.02 Å². The number of rotatable bonds is 1. The van der Waals surface area contributed by atoms with E-state index in [9.17, 15) is 4.79 Å². The highest BCUT2D eigenvalue weighted by Gasteiger charge is 2.27. The molecule has 0 spiro atoms. The van der Waals surface area contributed by atoms with Gasteiger partial charge in [0.1, 0.15) is 0 Å². The molecule has 0 bridgehead atoms. The van der Waals surface area contributed by atoms with Crippen LogP contribution in [0.4, 0.5) is 0 Å². The van der Waals surface area contributed by atoms with E-state index < -0.39 is 0 Å². The number of alkyl halides is 1. The van der Waals surface area contributed by atoms with E-state index in [1.54, 1.807) is 24.3 Å². The number of hydrogen-bond donors (Lipinski definition) is 0. The minimum absolute atomic E-state index is 0.0186. The highest BCUT2D eigenvalue weighted by molar-refractivity contribution is 6.31. The number of piperidine rings is 1. The highest BCUT2D eigenvalue weighted by Crippen LogP contribution is 2.23. The molecule has 1 amide bonds. The van der Waals surface area contributed by atoms with Crippen LogP contribution in [-0.2, 0) is 0 Å². The van der Waals surface area contributed by atoms with Gasteiger partial charge < -0.3 is 4.90 Å². The molecule has 1 heterocycles. The number of likely N-dealkylation sites (tertiary alicyclic amines) is 1. The molecule has 4 heteroatoms. The number of halogens is 2. The quantitative estimate of drug-likeness (QED) is 0.717. The van der Waals surface area contributed by atoms with E-state index in [-0.39, 0.29) is 11.3 Å². The van der Waals surface area contributed by atoms with E-state index in [4.69, 9.17) is 23.2 Å². The fourth-order valence-corrected chi connectivity index (χ4v) is 2.49. The molecule has 2 nitrogen and oxygen atoms in total. The van der Waals surface area contributed by atoms with Crippen LogP contribution < -0.4 is 0 Å². The number of carbonyl (C=O) groups is 1. The van der Waals surface area contributed by atoms with Gasteiger partial charge >= 0.3 is 0 Å². The summed E-state index contributed by atoms with van der Waals surface area (Å²) in [5.41, 5.74) is 0.635. The van der Waals surface area contributed by atoms with E-state index in [1.165, 1.54) is 0 Å². The van der Waals surface area contributed by atoms with Gasteiger partial charge in [0, 0.05) is 23.7 Å². The summed E-state index contributed by atoms with van der Waals surface area (Å²) in [6.45, 7) is 3.52. The van der Waals surface area contributed by atoms with Crippen molar-refractivity contribution in [3.05, 3.63) is 34.9 Å². The number of nitrogens with zero attached hydrogens (tertiary/aromatic N) is 1. The fraction of sp³-hybridized carbons (Fsp3) is 0.462. The van der Waals surface area contributed by atoms with E-state index >= 15 is 0 Å². The van der Waals surface area contributed by atoms with E-state index in [0.717, 1.165) is 13.0 Å². The van der Waals surface area contributed by atoms with E-state index in [2.05, 4.69) is 6.92 Å². The Kier molecular flexibility index (Phi) is 3.95. The smallest absolute Gasteiger partial charge is 0.253 e. The van der Waals surface area contributed by atoms with Crippen LogP contribution in [0.15, 0.2) is 24.3 Å². The first kappa shape index (κ1) is 12.7. The monoisotopic (exact) mass is 271 g/mol. The standard InChI is InChI=1S/C13H15Cl2NO/c1-9-5-6-16(8-12(9)15)13(17)10-3-2-4-11(14)7-10/h2-4,7,9,12H,5-6,8H2,1H3. The third kappa shape index (κ3) is 2.93. The summed E-state index contributed by atoms with van der Waals surface area (Å²) in [4.78, 5) is 14.0. The average Bonchev–Trinajstić information content (AvgIpc) is 2.32. The molecule has 17 heavy (non-hydrogen) atoms. The molecule has 2 unspecified atom stereocenters. The molecule has 1 fully saturated rings. The summed E-state index contributed by atoms with van der Waals surface area (Å²) in [5, 5.41) is 0.635. The molecule has 0 aromatic heterocycles. The van der Waals surface area contributed by atoms with Crippen LogP contribution in [0.25, 0.3) is 0 Å². The normalized spacial score (nSPS) is 24.8. The zero-order chi connectivity index (χ0) is 12.4. The van der Waals surface area contributed by atoms with Gasteiger partial charge in [-0.15, -0.1) is 11.6 Å². The lowest BCUT2D eigenvalue weighted by atomic mass is 9.98. The Bertz CT molecular complexity index is 422. The number of benzene rings is 1. The largest absolute Gasteiger partial charge is 0.337 e. The van der Waals surface area contributed by atoms with Gasteiger partial charge in [-0.25, -0.2) is 0 Å². The average molecular weight is 272 g/mol. The summed E-state index contributed by atoms with van der Waals surface area (Å²) >= 11 is 12.1. The molecule has 2 atom stereocenters. The van der Waals surface area contributed by atoms with Gasteiger partial charge in [0.2, 0.25) is 0 Å². The van der Waals surface area contributed by atoms with Gasteiger partial charge in [-0.05, 0) is 30.5 Å². The lowest BCUT2D eigenvalue weighted by molar-refractivity contribution is 0.0701. The minimum Gasteiger partial charge on any atom is -0.337 e. The Hall–Kier alpha value is -0.730. The summed E-state index contributed by atoms with van der Waals surface area (Å²) in [6.07, 6.45) is 0.959. The summed E-state index contributed by atoms with van der Waals surface area (Å²) in [6, 6.07) is 7.04. The first-order valence-corrected chi connectivity index (χ1v) is 6.58. The third-order valence-electron chi connectivity index (χ3n) is 3.23. The molecule has 1 aliphatic rings. The maximum Gasteiger partial charge on any atom is 0.253 e. The zero-order valence-corrected chi connectivity index (χ0v) is 11.2. The first-order chi connectivity index (χ1) is 8.08. The van der Waals surface area contributed by atoms with Gasteiger partial charge in [-0.1, -0.05) is 24.6 Å². The molecule has 0 radical (unpaired) electrons. The van der Waals surface area contributed by atoms with Gasteiger partial charge in [-0.3, -0.25) is 4.79 Å². The first-order valence-electron chi connectivity index (χ1n) is 5.77. The van der Waals surface area contributed by atoms with Crippen LogP contribution in [0.5, 0.6) is 0 Å². The number of carbonyl (C=O) groups excluding carboxylic acids is 1. The lowest BCUT2D eigenvalue weighted by Crippen LogP contribution is -2.43. The molecule has 1 aromatic carbocycles. The fourth-order valence-electron chi connectivity index (χ4n) is 2.01. The van der Waals surface area contributed by atoms with Crippen LogP contribution >= 0.6 is 23.2 Å². The Balaban J connectivity index is 2.10. The van der Waals surface area contributed by atoms with Crippen molar-refractivity contribution in [2.24, 2.45) is 5.92 Å². The second kappa shape index (κ2) is 5.28. The van der Waals surface area contributed by atoms with Gasteiger partial charge in [0.25, 0.3) is 5.91 Å². The van der Waals surface area contributed by atoms with Crippen molar-refractivity contribution in [1.29, 1.82) is 0 Å². The predicted octanol–water partition coefficient (Wildman–Crippen LogP) is 3.43. The molecule has 1 aliphatic heterocycles. The van der Waals surface area contributed by atoms with Crippen molar-refractivity contribution in [3.63, 3.8) is 0 Å². The van der Waals surface area contributed by atoms with E-state index in [1.807, 2.05) is 4.90 Å². The van der Waals surface area contributed by atoms with Crippen molar-refractivity contribution in [1.82, 2.24) is 4.90 Å². The molecule has 1 aromatic rings. The van der Waals surface area contributed by atoms with E-state index in [0.29, 0.717) is 23.0 Å².